The zero-order valence-electron chi connectivity index (χ0n) is 6.26. The fraction of sp³-hybridized carbons (Fsp3) is 0.250. The molecule has 0 radical (unpaired) electrons. The van der Waals surface area contributed by atoms with Crippen LogP contribution in [0, 0.1) is 0 Å². The fourth-order valence-corrected chi connectivity index (χ4v) is 0.840. The molecule has 0 aliphatic carbocycles. The zero-order valence-corrected chi connectivity index (χ0v) is 6.26. The van der Waals surface area contributed by atoms with Crippen molar-refractivity contribution < 1.29 is 4.79 Å². The van der Waals surface area contributed by atoms with Crippen LogP contribution in [0.25, 0.3) is 0 Å². The first kappa shape index (κ1) is 7.72. The maximum atomic E-state index is 10.6. The van der Waals surface area contributed by atoms with Crippen molar-refractivity contribution in [2.75, 3.05) is 0 Å². The number of nitrogens with one attached hydrogen (secondary N) is 1. The smallest absolute Gasteiger partial charge is 0.247 e. The number of pyridine rings is 1. The minimum absolute atomic E-state index is 0.0945. The predicted molar refractivity (Wildman–Crippen MR) is 41.4 cm³/mol. The highest BCUT2D eigenvalue weighted by Gasteiger charge is 1.95. The number of hydrogen-bond acceptors (Lipinski definition) is 2. The molecule has 0 amide bonds. The molecule has 0 fully saturated rings. The summed E-state index contributed by atoms with van der Waals surface area (Å²) in [6.45, 7) is 1.52. The van der Waals surface area contributed by atoms with E-state index in [1.165, 1.54) is 13.0 Å². The standard InChI is InChI=1S/C8H9NO2/c1-6(10)4-7-2-3-8(11)9-5-7/h2-3,5H,4H2,1H3,(H,9,11). The first-order valence-electron chi connectivity index (χ1n) is 3.35. The Morgan fingerprint density at radius 1 is 1.55 bits per heavy atom. The van der Waals surface area contributed by atoms with Crippen molar-refractivity contribution in [1.82, 2.24) is 4.98 Å². The summed E-state index contributed by atoms with van der Waals surface area (Å²) >= 11 is 0. The number of carbonyl (C=O) groups is 1. The molecule has 0 spiro atoms. The average molecular weight is 151 g/mol. The van der Waals surface area contributed by atoms with Gasteiger partial charge in [-0.25, -0.2) is 0 Å². The number of rotatable bonds is 2. The Morgan fingerprint density at radius 2 is 2.27 bits per heavy atom. The van der Waals surface area contributed by atoms with E-state index in [1.54, 1.807) is 12.3 Å². The molecule has 3 nitrogen and oxygen atoms in total. The van der Waals surface area contributed by atoms with Gasteiger partial charge in [-0.15, -0.1) is 0 Å². The predicted octanol–water partition coefficient (Wildman–Crippen LogP) is 0.506. The van der Waals surface area contributed by atoms with E-state index < -0.39 is 0 Å². The van der Waals surface area contributed by atoms with Crippen molar-refractivity contribution in [3.05, 3.63) is 34.2 Å². The topological polar surface area (TPSA) is 49.9 Å². The van der Waals surface area contributed by atoms with Gasteiger partial charge in [-0.3, -0.25) is 9.59 Å². The molecule has 1 heterocycles. The summed E-state index contributed by atoms with van der Waals surface area (Å²) in [7, 11) is 0. The Hall–Kier alpha value is -1.38. The Kier molecular flexibility index (Phi) is 2.21. The van der Waals surface area contributed by atoms with Crippen LogP contribution in [0.4, 0.5) is 0 Å². The van der Waals surface area contributed by atoms with Crippen molar-refractivity contribution >= 4 is 5.78 Å². The van der Waals surface area contributed by atoms with Gasteiger partial charge in [-0.1, -0.05) is 6.07 Å². The number of hydrogen-bond donors (Lipinski definition) is 1. The van der Waals surface area contributed by atoms with Crippen LogP contribution in [-0.2, 0) is 11.2 Å². The second-order valence-corrected chi connectivity index (χ2v) is 2.44. The summed E-state index contributed by atoms with van der Waals surface area (Å²) in [5.74, 6) is 0.0945. The maximum Gasteiger partial charge on any atom is 0.247 e. The third-order valence-electron chi connectivity index (χ3n) is 1.30. The first-order chi connectivity index (χ1) is 5.18. The number of H-pyrrole nitrogens is 1. The van der Waals surface area contributed by atoms with Crippen LogP contribution in [0.1, 0.15) is 12.5 Å². The second-order valence-electron chi connectivity index (χ2n) is 2.44. The number of aromatic nitrogens is 1. The van der Waals surface area contributed by atoms with Gasteiger partial charge in [0.05, 0.1) is 0 Å². The Labute approximate surface area is 64.1 Å². The Bertz CT molecular complexity index is 294. The van der Waals surface area contributed by atoms with E-state index in [4.69, 9.17) is 0 Å². The lowest BCUT2D eigenvalue weighted by atomic mass is 10.2. The zero-order chi connectivity index (χ0) is 8.27. The Morgan fingerprint density at radius 3 is 2.73 bits per heavy atom. The van der Waals surface area contributed by atoms with Crippen LogP contribution in [0.2, 0.25) is 0 Å². The van der Waals surface area contributed by atoms with Crippen molar-refractivity contribution in [1.29, 1.82) is 0 Å². The first-order valence-corrected chi connectivity index (χ1v) is 3.35. The van der Waals surface area contributed by atoms with E-state index in [9.17, 15) is 9.59 Å². The molecule has 0 aliphatic heterocycles. The number of ketones is 1. The summed E-state index contributed by atoms with van der Waals surface area (Å²) in [6, 6.07) is 3.07. The lowest BCUT2D eigenvalue weighted by molar-refractivity contribution is -0.116. The summed E-state index contributed by atoms with van der Waals surface area (Å²) in [4.78, 5) is 23.7. The van der Waals surface area contributed by atoms with Gasteiger partial charge >= 0.3 is 0 Å². The third-order valence-corrected chi connectivity index (χ3v) is 1.30. The van der Waals surface area contributed by atoms with E-state index in [0.717, 1.165) is 5.56 Å². The number of Topliss-reactive ketones (excluding diaryl/α,β-unsaturated/α-hetero) is 1. The van der Waals surface area contributed by atoms with E-state index in [-0.39, 0.29) is 11.3 Å². The summed E-state index contributed by atoms with van der Waals surface area (Å²) in [6.07, 6.45) is 1.94. The highest BCUT2D eigenvalue weighted by molar-refractivity contribution is 5.77. The van der Waals surface area contributed by atoms with Gasteiger partial charge in [0.25, 0.3) is 0 Å². The van der Waals surface area contributed by atoms with E-state index in [2.05, 4.69) is 4.98 Å². The van der Waals surface area contributed by atoms with Crippen molar-refractivity contribution in [2.24, 2.45) is 0 Å². The van der Waals surface area contributed by atoms with Crippen LogP contribution in [0.5, 0.6) is 0 Å². The van der Waals surface area contributed by atoms with Crippen molar-refractivity contribution in [3.63, 3.8) is 0 Å². The van der Waals surface area contributed by atoms with Crippen LogP contribution < -0.4 is 5.56 Å². The van der Waals surface area contributed by atoms with Crippen molar-refractivity contribution in [2.45, 2.75) is 13.3 Å². The second kappa shape index (κ2) is 3.14. The molecular formula is C8H9NO2. The summed E-state index contributed by atoms with van der Waals surface area (Å²) in [5, 5.41) is 0. The number of aromatic amines is 1. The SMILES string of the molecule is CC(=O)Cc1ccc(=O)[nH]c1. The molecule has 0 saturated heterocycles. The Balaban J connectivity index is 2.82. The molecule has 0 aliphatic rings. The lowest BCUT2D eigenvalue weighted by Gasteiger charge is -1.93. The molecule has 3 heteroatoms. The van der Waals surface area contributed by atoms with E-state index >= 15 is 0 Å². The normalized spacial score (nSPS) is 9.55. The van der Waals surface area contributed by atoms with Crippen LogP contribution >= 0.6 is 0 Å². The summed E-state index contributed by atoms with van der Waals surface area (Å²) < 4.78 is 0. The van der Waals surface area contributed by atoms with Gasteiger partial charge in [0.2, 0.25) is 5.56 Å². The lowest BCUT2D eigenvalue weighted by Crippen LogP contribution is -2.05. The van der Waals surface area contributed by atoms with Gasteiger partial charge < -0.3 is 4.98 Å². The molecule has 0 bridgehead atoms. The van der Waals surface area contributed by atoms with Gasteiger partial charge in [0.15, 0.2) is 0 Å². The van der Waals surface area contributed by atoms with Crippen LogP contribution in [-0.4, -0.2) is 10.8 Å². The molecule has 58 valence electrons. The molecule has 1 aromatic rings. The highest BCUT2D eigenvalue weighted by atomic mass is 16.1. The van der Waals surface area contributed by atoms with E-state index in [1.807, 2.05) is 0 Å². The van der Waals surface area contributed by atoms with Crippen LogP contribution in [0.3, 0.4) is 0 Å². The minimum atomic E-state index is -0.141. The fourth-order valence-electron chi connectivity index (χ4n) is 0.840. The molecule has 1 rings (SSSR count). The molecule has 0 saturated carbocycles. The quantitative estimate of drug-likeness (QED) is 0.669. The minimum Gasteiger partial charge on any atom is -0.329 e. The molecule has 0 unspecified atom stereocenters. The monoisotopic (exact) mass is 151 g/mol. The van der Waals surface area contributed by atoms with Gasteiger partial charge in [0, 0.05) is 18.7 Å². The molecule has 0 atom stereocenters. The average Bonchev–Trinajstić information content (AvgIpc) is 1.93. The van der Waals surface area contributed by atoms with Crippen molar-refractivity contribution in [3.8, 4) is 0 Å². The number of carbonyl (C=O) groups excluding carboxylic acids is 1. The van der Waals surface area contributed by atoms with Gasteiger partial charge in [-0.05, 0) is 12.5 Å². The van der Waals surface area contributed by atoms with Gasteiger partial charge in [-0.2, -0.15) is 0 Å². The molecule has 1 N–H and O–H groups in total. The van der Waals surface area contributed by atoms with E-state index in [0.29, 0.717) is 6.42 Å². The third kappa shape index (κ3) is 2.37. The summed E-state index contributed by atoms with van der Waals surface area (Å²) in [5.41, 5.74) is 0.703. The molecule has 0 aromatic carbocycles. The van der Waals surface area contributed by atoms with Gasteiger partial charge in [0.1, 0.15) is 5.78 Å². The molecule has 11 heavy (non-hydrogen) atoms. The highest BCUT2D eigenvalue weighted by Crippen LogP contribution is 1.94. The molecule has 1 aromatic heterocycles. The molecular weight excluding hydrogens is 142 g/mol. The maximum absolute atomic E-state index is 10.6. The van der Waals surface area contributed by atoms with Crippen LogP contribution in [0.15, 0.2) is 23.1 Å². The largest absolute Gasteiger partial charge is 0.329 e.